The molecule has 1 saturated carbocycles. The lowest BCUT2D eigenvalue weighted by Gasteiger charge is -2.32. The minimum Gasteiger partial charge on any atom is -0.445 e. The van der Waals surface area contributed by atoms with E-state index < -0.39 is 22.8 Å². The second-order valence-electron chi connectivity index (χ2n) is 7.88. The predicted molar refractivity (Wildman–Crippen MR) is 108 cm³/mol. The van der Waals surface area contributed by atoms with Crippen LogP contribution in [0.5, 0.6) is 0 Å². The van der Waals surface area contributed by atoms with Gasteiger partial charge in [0.2, 0.25) is 0 Å². The second kappa shape index (κ2) is 7.65. The number of ketones is 1. The van der Waals surface area contributed by atoms with Crippen molar-refractivity contribution in [3.05, 3.63) is 71.8 Å². The maximum Gasteiger partial charge on any atom is 0.410 e. The van der Waals surface area contributed by atoms with Crippen molar-refractivity contribution >= 4 is 11.9 Å². The van der Waals surface area contributed by atoms with Crippen LogP contribution in [0.25, 0.3) is 0 Å². The van der Waals surface area contributed by atoms with Gasteiger partial charge in [-0.2, -0.15) is 10.5 Å². The summed E-state index contributed by atoms with van der Waals surface area (Å²) in [5, 5.41) is 19.6. The standard InChI is InChI=1S/C24H21N3O3/c25-16-24(17-26)21(20(28)19-9-5-2-6-10-19)23(24)11-13-27(14-12-23)22(29)30-15-18-7-3-1-4-8-18/h1-10,21H,11-15H2/t21-/m0/s1. The van der Waals surface area contributed by atoms with E-state index in [9.17, 15) is 20.1 Å². The van der Waals surface area contributed by atoms with Gasteiger partial charge in [0.25, 0.3) is 0 Å². The van der Waals surface area contributed by atoms with E-state index in [-0.39, 0.29) is 12.4 Å². The molecule has 0 aromatic heterocycles. The van der Waals surface area contributed by atoms with Crippen molar-refractivity contribution in [2.45, 2.75) is 19.4 Å². The molecular weight excluding hydrogens is 378 g/mol. The first-order valence-corrected chi connectivity index (χ1v) is 9.95. The fourth-order valence-corrected chi connectivity index (χ4v) is 4.77. The lowest BCUT2D eigenvalue weighted by Crippen LogP contribution is -2.41. The number of likely N-dealkylation sites (tertiary alicyclic amines) is 1. The number of ether oxygens (including phenoxy) is 1. The number of hydrogen-bond acceptors (Lipinski definition) is 5. The fourth-order valence-electron chi connectivity index (χ4n) is 4.77. The van der Waals surface area contributed by atoms with Crippen LogP contribution >= 0.6 is 0 Å². The summed E-state index contributed by atoms with van der Waals surface area (Å²) in [7, 11) is 0. The summed E-state index contributed by atoms with van der Waals surface area (Å²) in [6.45, 7) is 0.908. The molecule has 0 unspecified atom stereocenters. The second-order valence-corrected chi connectivity index (χ2v) is 7.88. The first-order valence-electron chi connectivity index (χ1n) is 9.95. The monoisotopic (exact) mass is 399 g/mol. The molecule has 1 aliphatic carbocycles. The Balaban J connectivity index is 1.44. The third-order valence-electron chi connectivity index (χ3n) is 6.48. The van der Waals surface area contributed by atoms with Crippen LogP contribution in [0, 0.1) is 39.4 Å². The average molecular weight is 399 g/mol. The number of piperidine rings is 1. The largest absolute Gasteiger partial charge is 0.445 e. The molecule has 1 atom stereocenters. The predicted octanol–water partition coefficient (Wildman–Crippen LogP) is 3.95. The zero-order valence-corrected chi connectivity index (χ0v) is 16.5. The van der Waals surface area contributed by atoms with Crippen molar-refractivity contribution in [1.82, 2.24) is 4.90 Å². The SMILES string of the molecule is N#CC1(C#N)[C@@H](C(=O)c2ccccc2)C12CCN(C(=O)OCc1ccccc1)CC2. The smallest absolute Gasteiger partial charge is 0.410 e. The van der Waals surface area contributed by atoms with Gasteiger partial charge < -0.3 is 9.64 Å². The van der Waals surface area contributed by atoms with Crippen LogP contribution in [0.3, 0.4) is 0 Å². The van der Waals surface area contributed by atoms with Gasteiger partial charge in [0, 0.05) is 24.1 Å². The molecule has 1 saturated heterocycles. The summed E-state index contributed by atoms with van der Waals surface area (Å²) in [5.74, 6) is -0.830. The Morgan fingerprint density at radius 2 is 1.53 bits per heavy atom. The van der Waals surface area contributed by atoms with E-state index in [4.69, 9.17) is 4.74 Å². The molecule has 2 aliphatic rings. The zero-order valence-electron chi connectivity index (χ0n) is 16.5. The average Bonchev–Trinajstić information content (AvgIpc) is 3.38. The number of amides is 1. The van der Waals surface area contributed by atoms with E-state index in [0.29, 0.717) is 31.5 Å². The van der Waals surface area contributed by atoms with Gasteiger partial charge in [-0.3, -0.25) is 4.79 Å². The normalized spacial score (nSPS) is 20.6. The van der Waals surface area contributed by atoms with Crippen molar-refractivity contribution in [3.63, 3.8) is 0 Å². The van der Waals surface area contributed by atoms with Gasteiger partial charge in [-0.15, -0.1) is 0 Å². The molecule has 1 aliphatic heterocycles. The summed E-state index contributed by atoms with van der Waals surface area (Å²) in [6, 6.07) is 22.5. The van der Waals surface area contributed by atoms with E-state index in [1.807, 2.05) is 36.4 Å². The molecule has 6 nitrogen and oxygen atoms in total. The molecular formula is C24H21N3O3. The molecule has 30 heavy (non-hydrogen) atoms. The molecule has 150 valence electrons. The summed E-state index contributed by atoms with van der Waals surface area (Å²) in [4.78, 5) is 27.1. The minimum atomic E-state index is -1.33. The van der Waals surface area contributed by atoms with Crippen LogP contribution in [0.1, 0.15) is 28.8 Å². The summed E-state index contributed by atoms with van der Waals surface area (Å²) in [6.07, 6.45) is 0.440. The Morgan fingerprint density at radius 1 is 0.967 bits per heavy atom. The number of benzene rings is 2. The summed E-state index contributed by atoms with van der Waals surface area (Å²) in [5.41, 5.74) is -0.624. The number of hydrogen-bond donors (Lipinski definition) is 0. The number of Topliss-reactive ketones (excluding diaryl/α,β-unsaturated/α-hetero) is 1. The Bertz CT molecular complexity index is 1010. The van der Waals surface area contributed by atoms with Gasteiger partial charge in [-0.1, -0.05) is 60.7 Å². The van der Waals surface area contributed by atoms with Crippen LogP contribution in [-0.4, -0.2) is 29.9 Å². The molecule has 2 aromatic carbocycles. The lowest BCUT2D eigenvalue weighted by molar-refractivity contribution is 0.0742. The van der Waals surface area contributed by atoms with Crippen molar-refractivity contribution in [1.29, 1.82) is 10.5 Å². The highest BCUT2D eigenvalue weighted by molar-refractivity contribution is 6.02. The maximum atomic E-state index is 13.1. The van der Waals surface area contributed by atoms with Gasteiger partial charge in [0.05, 0.1) is 18.1 Å². The van der Waals surface area contributed by atoms with Crippen LogP contribution in [-0.2, 0) is 11.3 Å². The highest BCUT2D eigenvalue weighted by atomic mass is 16.6. The molecule has 1 heterocycles. The van der Waals surface area contributed by atoms with E-state index >= 15 is 0 Å². The molecule has 4 rings (SSSR count). The first-order chi connectivity index (χ1) is 14.6. The molecule has 1 spiro atoms. The van der Waals surface area contributed by atoms with E-state index in [1.165, 1.54) is 0 Å². The number of nitrogens with zero attached hydrogens (tertiary/aromatic N) is 3. The fraction of sp³-hybridized carbons (Fsp3) is 0.333. The van der Waals surface area contributed by atoms with E-state index in [1.54, 1.807) is 29.2 Å². The Hall–Kier alpha value is -3.64. The van der Waals surface area contributed by atoms with Gasteiger partial charge in [0.1, 0.15) is 6.61 Å². The van der Waals surface area contributed by atoms with Crippen molar-refractivity contribution in [3.8, 4) is 12.1 Å². The zero-order chi connectivity index (χ0) is 21.2. The van der Waals surface area contributed by atoms with Crippen molar-refractivity contribution < 1.29 is 14.3 Å². The molecule has 2 aromatic rings. The molecule has 0 bridgehead atoms. The number of rotatable bonds is 4. The topological polar surface area (TPSA) is 94.2 Å². The Kier molecular flexibility index (Phi) is 5.01. The number of carbonyl (C=O) groups is 2. The number of carbonyl (C=O) groups excluding carboxylic acids is 2. The molecule has 2 fully saturated rings. The van der Waals surface area contributed by atoms with Crippen molar-refractivity contribution in [2.75, 3.05) is 13.1 Å². The van der Waals surface area contributed by atoms with Crippen molar-refractivity contribution in [2.24, 2.45) is 16.7 Å². The molecule has 6 heteroatoms. The van der Waals surface area contributed by atoms with E-state index in [2.05, 4.69) is 12.1 Å². The van der Waals surface area contributed by atoms with Gasteiger partial charge in [-0.25, -0.2) is 4.79 Å². The molecule has 1 amide bonds. The van der Waals surface area contributed by atoms with E-state index in [0.717, 1.165) is 5.56 Å². The maximum absolute atomic E-state index is 13.1. The highest BCUT2D eigenvalue weighted by Gasteiger charge is 2.80. The number of nitriles is 2. The summed E-state index contributed by atoms with van der Waals surface area (Å²) >= 11 is 0. The Morgan fingerprint density at radius 3 is 2.10 bits per heavy atom. The van der Waals surface area contributed by atoms with Crippen LogP contribution in [0.15, 0.2) is 60.7 Å². The van der Waals surface area contributed by atoms with Crippen LogP contribution in [0.4, 0.5) is 4.79 Å². The Labute approximate surface area is 175 Å². The molecule has 0 radical (unpaired) electrons. The van der Waals surface area contributed by atoms with Gasteiger partial charge in [0.15, 0.2) is 11.2 Å². The first kappa shape index (κ1) is 19.7. The van der Waals surface area contributed by atoms with Gasteiger partial charge in [-0.05, 0) is 18.4 Å². The van der Waals surface area contributed by atoms with Crippen LogP contribution in [0.2, 0.25) is 0 Å². The minimum absolute atomic E-state index is 0.168. The van der Waals surface area contributed by atoms with Gasteiger partial charge >= 0.3 is 6.09 Å². The lowest BCUT2D eigenvalue weighted by atomic mass is 9.84. The third-order valence-corrected chi connectivity index (χ3v) is 6.48. The quantitative estimate of drug-likeness (QED) is 0.726. The highest BCUT2D eigenvalue weighted by Crippen LogP contribution is 2.74. The summed E-state index contributed by atoms with van der Waals surface area (Å²) < 4.78 is 5.39. The third kappa shape index (κ3) is 3.02. The molecule has 0 N–H and O–H groups in total. The van der Waals surface area contributed by atoms with Crippen LogP contribution < -0.4 is 0 Å².